The number of nitrogens with zero attached hydrogens (tertiary/aromatic N) is 5. The monoisotopic (exact) mass is 628 g/mol. The van der Waals surface area contributed by atoms with Crippen molar-refractivity contribution >= 4 is 16.8 Å². The Labute approximate surface area is 250 Å². The van der Waals surface area contributed by atoms with Gasteiger partial charge in [-0.05, 0) is 54.2 Å². The van der Waals surface area contributed by atoms with Crippen LogP contribution in [0.1, 0.15) is 46.6 Å². The van der Waals surface area contributed by atoms with Crippen LogP contribution in [0.15, 0.2) is 60.9 Å². The quantitative estimate of drug-likeness (QED) is 0.211. The van der Waals surface area contributed by atoms with Crippen molar-refractivity contribution in [1.82, 2.24) is 29.9 Å². The SMILES string of the molecule is Cn1ncc2ccc(-c3cccnc3[C@H](Cc3cc(F)cc(F)c3)NC(=O)Cn3nc(C(F)(F)F)c4c3C(F)(F)C3CC43)cc21. The Balaban J connectivity index is 1.26. The van der Waals surface area contributed by atoms with Gasteiger partial charge in [0.25, 0.3) is 5.92 Å². The number of fused-ring (bicyclic) bond motifs is 4. The smallest absolute Gasteiger partial charge is 0.346 e. The fourth-order valence-corrected chi connectivity index (χ4v) is 6.40. The van der Waals surface area contributed by atoms with Crippen LogP contribution in [0.2, 0.25) is 0 Å². The predicted molar refractivity (Wildman–Crippen MR) is 147 cm³/mol. The van der Waals surface area contributed by atoms with E-state index in [-0.39, 0.29) is 24.1 Å². The van der Waals surface area contributed by atoms with Crippen molar-refractivity contribution < 1.29 is 35.5 Å². The molecule has 7 nitrogen and oxygen atoms in total. The van der Waals surface area contributed by atoms with E-state index in [0.717, 1.165) is 23.0 Å². The normalized spacial score (nSPS) is 18.9. The molecule has 7 rings (SSSR count). The summed E-state index contributed by atoms with van der Waals surface area (Å²) in [6, 6.07) is 10.7. The zero-order chi connectivity index (χ0) is 31.8. The van der Waals surface area contributed by atoms with Gasteiger partial charge in [-0.25, -0.2) is 8.78 Å². The van der Waals surface area contributed by atoms with E-state index in [0.29, 0.717) is 21.9 Å². The Bertz CT molecular complexity index is 1960. The van der Waals surface area contributed by atoms with Crippen LogP contribution in [0.4, 0.5) is 30.7 Å². The molecule has 3 aromatic heterocycles. The van der Waals surface area contributed by atoms with Crippen LogP contribution >= 0.6 is 0 Å². The Morgan fingerprint density at radius 1 is 1.11 bits per heavy atom. The van der Waals surface area contributed by atoms with E-state index in [4.69, 9.17) is 0 Å². The number of pyridine rings is 1. The molecule has 0 bridgehead atoms. The molecule has 1 fully saturated rings. The zero-order valence-corrected chi connectivity index (χ0v) is 23.4. The van der Waals surface area contributed by atoms with Gasteiger partial charge in [-0.3, -0.25) is 19.1 Å². The predicted octanol–water partition coefficient (Wildman–Crippen LogP) is 6.44. The van der Waals surface area contributed by atoms with Crippen molar-refractivity contribution in [1.29, 1.82) is 0 Å². The number of halogens is 7. The molecule has 0 saturated heterocycles. The molecule has 2 aromatic carbocycles. The first-order valence-electron chi connectivity index (χ1n) is 14.0. The maximum atomic E-state index is 15.1. The highest BCUT2D eigenvalue weighted by atomic mass is 19.4. The van der Waals surface area contributed by atoms with Crippen LogP contribution in [0.5, 0.6) is 0 Å². The molecule has 1 amide bonds. The average molecular weight is 629 g/mol. The molecule has 2 unspecified atom stereocenters. The van der Waals surface area contributed by atoms with Crippen molar-refractivity contribution in [3.63, 3.8) is 0 Å². The van der Waals surface area contributed by atoms with E-state index >= 15 is 8.78 Å². The lowest BCUT2D eigenvalue weighted by molar-refractivity contribution is -0.142. The van der Waals surface area contributed by atoms with Gasteiger partial charge in [-0.15, -0.1) is 0 Å². The summed E-state index contributed by atoms with van der Waals surface area (Å²) in [7, 11) is 1.76. The third kappa shape index (κ3) is 5.01. The first-order valence-corrected chi connectivity index (χ1v) is 14.0. The van der Waals surface area contributed by atoms with Crippen LogP contribution in [-0.4, -0.2) is 30.5 Å². The topological polar surface area (TPSA) is 77.6 Å². The first kappa shape index (κ1) is 29.0. The number of alkyl halides is 5. The van der Waals surface area contributed by atoms with Gasteiger partial charge in [0.1, 0.15) is 23.9 Å². The fraction of sp³-hybridized carbons (Fsp3) is 0.290. The minimum Gasteiger partial charge on any atom is -0.346 e. The summed E-state index contributed by atoms with van der Waals surface area (Å²) in [5, 5.41) is 11.2. The van der Waals surface area contributed by atoms with Crippen LogP contribution in [0, 0.1) is 17.6 Å². The third-order valence-electron chi connectivity index (χ3n) is 8.42. The van der Waals surface area contributed by atoms with Gasteiger partial charge in [0, 0.05) is 41.7 Å². The van der Waals surface area contributed by atoms with Gasteiger partial charge < -0.3 is 5.32 Å². The van der Waals surface area contributed by atoms with Crippen LogP contribution in [-0.2, 0) is 36.9 Å². The second kappa shape index (κ2) is 10.1. The number of nitrogens with one attached hydrogen (secondary N) is 1. The van der Waals surface area contributed by atoms with Crippen molar-refractivity contribution in [2.45, 2.75) is 43.4 Å². The van der Waals surface area contributed by atoms with Gasteiger partial charge in [0.2, 0.25) is 5.91 Å². The molecule has 0 aliphatic heterocycles. The van der Waals surface area contributed by atoms with Crippen molar-refractivity contribution in [3.05, 3.63) is 101 Å². The first-order chi connectivity index (χ1) is 21.3. The van der Waals surface area contributed by atoms with Gasteiger partial charge in [0.05, 0.1) is 23.4 Å². The van der Waals surface area contributed by atoms with E-state index in [1.165, 1.54) is 6.20 Å². The highest BCUT2D eigenvalue weighted by Crippen LogP contribution is 2.68. The summed E-state index contributed by atoms with van der Waals surface area (Å²) in [6.07, 6.45) is -2.10. The highest BCUT2D eigenvalue weighted by molar-refractivity contribution is 5.85. The Morgan fingerprint density at radius 2 is 1.87 bits per heavy atom. The largest absolute Gasteiger partial charge is 0.435 e. The molecule has 14 heteroatoms. The lowest BCUT2D eigenvalue weighted by Gasteiger charge is -2.22. The Morgan fingerprint density at radius 3 is 2.60 bits per heavy atom. The van der Waals surface area contributed by atoms with Gasteiger partial charge in [-0.2, -0.15) is 32.1 Å². The number of hydrogen-bond acceptors (Lipinski definition) is 4. The molecule has 45 heavy (non-hydrogen) atoms. The number of carbonyl (C=O) groups excluding carboxylic acids is 1. The summed E-state index contributed by atoms with van der Waals surface area (Å²) in [5.41, 5.74) is -0.423. The molecule has 232 valence electrons. The summed E-state index contributed by atoms with van der Waals surface area (Å²) in [5.74, 6) is -8.45. The number of rotatable bonds is 7. The minimum absolute atomic E-state index is 0.0830. The number of benzene rings is 2. The van der Waals surface area contributed by atoms with Gasteiger partial charge in [-0.1, -0.05) is 18.2 Å². The Hall–Kier alpha value is -4.75. The van der Waals surface area contributed by atoms with E-state index in [9.17, 15) is 26.7 Å². The third-order valence-corrected chi connectivity index (χ3v) is 8.42. The molecule has 1 N–H and O–H groups in total. The fourth-order valence-electron chi connectivity index (χ4n) is 6.40. The van der Waals surface area contributed by atoms with Crippen molar-refractivity contribution in [2.75, 3.05) is 0 Å². The second-order valence-corrected chi connectivity index (χ2v) is 11.4. The standard InChI is InChI=1S/C31H23F7N6O/c1-43-24-10-16(4-5-17(24)13-40-43)20-3-2-6-39-27(20)23(9-15-7-18(32)11-19(33)8-15)41-25(45)14-44-29-26(28(42-44)31(36,37)38)21-12-22(21)30(29,34)35/h2-8,10-11,13,21-23H,9,12,14H2,1H3,(H,41,45)/t21?,22?,23-/m0/s1. The molecular weight excluding hydrogens is 605 g/mol. The Kier molecular flexibility index (Phi) is 6.53. The van der Waals surface area contributed by atoms with Gasteiger partial charge >= 0.3 is 6.18 Å². The summed E-state index contributed by atoms with van der Waals surface area (Å²) in [6.45, 7) is -0.940. The van der Waals surface area contributed by atoms with Crippen LogP contribution in [0.3, 0.4) is 0 Å². The zero-order valence-electron chi connectivity index (χ0n) is 23.4. The molecule has 2 aliphatic carbocycles. The maximum absolute atomic E-state index is 15.1. The molecule has 3 heterocycles. The van der Waals surface area contributed by atoms with Crippen LogP contribution in [0.25, 0.3) is 22.0 Å². The lowest BCUT2D eigenvalue weighted by Crippen LogP contribution is -2.35. The molecule has 0 spiro atoms. The number of hydrogen-bond donors (Lipinski definition) is 1. The molecule has 5 aromatic rings. The van der Waals surface area contributed by atoms with Crippen LogP contribution < -0.4 is 5.32 Å². The summed E-state index contributed by atoms with van der Waals surface area (Å²) < 4.78 is 102. The molecule has 3 atom stereocenters. The summed E-state index contributed by atoms with van der Waals surface area (Å²) in [4.78, 5) is 17.9. The van der Waals surface area contributed by atoms with E-state index in [1.54, 1.807) is 30.1 Å². The summed E-state index contributed by atoms with van der Waals surface area (Å²) >= 11 is 0. The second-order valence-electron chi connectivity index (χ2n) is 11.4. The van der Waals surface area contributed by atoms with E-state index < -0.39 is 71.0 Å². The molecule has 0 radical (unpaired) electrons. The van der Waals surface area contributed by atoms with Crippen molar-refractivity contribution in [2.24, 2.45) is 13.0 Å². The van der Waals surface area contributed by atoms with Gasteiger partial charge in [0.15, 0.2) is 5.69 Å². The number of aromatic nitrogens is 5. The number of carbonyl (C=O) groups is 1. The maximum Gasteiger partial charge on any atom is 0.435 e. The average Bonchev–Trinajstić information content (AvgIpc) is 3.48. The van der Waals surface area contributed by atoms with E-state index in [2.05, 4.69) is 20.5 Å². The van der Waals surface area contributed by atoms with E-state index in [1.807, 2.05) is 18.2 Å². The molecule has 1 saturated carbocycles. The lowest BCUT2D eigenvalue weighted by atomic mass is 9.95. The highest BCUT2D eigenvalue weighted by Gasteiger charge is 2.68. The number of aryl methyl sites for hydroxylation is 1. The minimum atomic E-state index is -4.98. The molecular formula is C31H23F7N6O. The van der Waals surface area contributed by atoms with Crippen molar-refractivity contribution in [3.8, 4) is 11.1 Å². The molecule has 2 aliphatic rings. The number of amides is 1.